The van der Waals surface area contributed by atoms with Gasteiger partial charge in [0.15, 0.2) is 0 Å². The van der Waals surface area contributed by atoms with Gasteiger partial charge in [0.2, 0.25) is 0 Å². The number of thioether (sulfide) groups is 1. The molecule has 0 aromatic carbocycles. The third-order valence-electron chi connectivity index (χ3n) is 0.903. The molecule has 1 unspecified atom stereocenters. The molecule has 0 spiro atoms. The van der Waals surface area contributed by atoms with Crippen LogP contribution in [0.3, 0.4) is 0 Å². The fourth-order valence-electron chi connectivity index (χ4n) is 0.401. The summed E-state index contributed by atoms with van der Waals surface area (Å²) in [4.78, 5) is 18.2. The van der Waals surface area contributed by atoms with Gasteiger partial charge in [-0.3, -0.25) is 4.79 Å². The third-order valence-corrected chi connectivity index (χ3v) is 1.80. The van der Waals surface area contributed by atoms with Crippen molar-refractivity contribution < 1.29 is 14.7 Å². The Morgan fingerprint density at radius 1 is 1.43 bits per heavy atom. The van der Waals surface area contributed by atoms with E-state index in [0.29, 0.717) is 5.75 Å². The molecular weight excluding hydrogens is 202 g/mol. The first-order valence-corrected chi connectivity index (χ1v) is 5.69. The fourth-order valence-corrected chi connectivity index (χ4v) is 1.20. The molecule has 0 amide bonds. The van der Waals surface area contributed by atoms with Crippen molar-refractivity contribution in [2.45, 2.75) is 33.2 Å². The van der Waals surface area contributed by atoms with Gasteiger partial charge in [-0.05, 0) is 19.1 Å². The molecule has 0 aliphatic carbocycles. The molecule has 0 saturated carbocycles. The van der Waals surface area contributed by atoms with Gasteiger partial charge in [0.1, 0.15) is 6.29 Å². The Kier molecular flexibility index (Phi) is 31.2. The van der Waals surface area contributed by atoms with Crippen molar-refractivity contribution in [1.29, 1.82) is 0 Å². The van der Waals surface area contributed by atoms with Crippen LogP contribution >= 0.6 is 11.8 Å². The van der Waals surface area contributed by atoms with E-state index in [9.17, 15) is 4.79 Å². The number of carboxylic acid groups (broad SMARTS) is 1. The Hall–Kier alpha value is -0.550. The highest BCUT2D eigenvalue weighted by molar-refractivity contribution is 7.99. The summed E-state index contributed by atoms with van der Waals surface area (Å²) in [5.74, 6) is 1.60. The molecule has 5 heteroatoms. The molecular formula is C9H21NO3S. The molecule has 0 radical (unpaired) electrons. The van der Waals surface area contributed by atoms with E-state index >= 15 is 0 Å². The zero-order valence-corrected chi connectivity index (χ0v) is 9.92. The first-order valence-electron chi connectivity index (χ1n) is 4.53. The fraction of sp³-hybridized carbons (Fsp3) is 0.778. The summed E-state index contributed by atoms with van der Waals surface area (Å²) in [5, 5.41) is 6.89. The Labute approximate surface area is 90.3 Å². The Morgan fingerprint density at radius 2 is 1.86 bits per heavy atom. The minimum Gasteiger partial charge on any atom is -0.483 e. The zero-order chi connectivity index (χ0) is 11.8. The molecule has 3 N–H and O–H groups in total. The minimum atomic E-state index is -0.250. The van der Waals surface area contributed by atoms with Crippen LogP contribution in [0, 0.1) is 0 Å². The van der Waals surface area contributed by atoms with Gasteiger partial charge >= 0.3 is 0 Å². The molecule has 0 fully saturated rings. The molecule has 0 heterocycles. The van der Waals surface area contributed by atoms with Crippen molar-refractivity contribution in [3.63, 3.8) is 0 Å². The van der Waals surface area contributed by atoms with Gasteiger partial charge in [-0.25, -0.2) is 0 Å². The zero-order valence-electron chi connectivity index (χ0n) is 9.10. The number of carbonyl (C=O) groups excluding carboxylic acids is 1. The first-order chi connectivity index (χ1) is 6.68. The first kappa shape index (κ1) is 19.1. The largest absolute Gasteiger partial charge is 0.483 e. The molecule has 1 atom stereocenters. The lowest BCUT2D eigenvalue weighted by Crippen LogP contribution is -2.15. The van der Waals surface area contributed by atoms with E-state index in [1.165, 1.54) is 0 Å². The molecule has 0 aromatic heterocycles. The van der Waals surface area contributed by atoms with Crippen LogP contribution in [-0.4, -0.2) is 35.4 Å². The van der Waals surface area contributed by atoms with Crippen molar-refractivity contribution in [3.05, 3.63) is 0 Å². The third kappa shape index (κ3) is 42.1. The van der Waals surface area contributed by atoms with Crippen LogP contribution in [0.2, 0.25) is 0 Å². The second-order valence-corrected chi connectivity index (χ2v) is 3.26. The van der Waals surface area contributed by atoms with E-state index in [1.54, 1.807) is 11.8 Å². The molecule has 0 saturated heterocycles. The van der Waals surface area contributed by atoms with Crippen LogP contribution < -0.4 is 5.73 Å². The molecule has 0 aromatic rings. The second kappa shape index (κ2) is 22.9. The lowest BCUT2D eigenvalue weighted by molar-refractivity contribution is -0.122. The molecule has 0 aliphatic heterocycles. The minimum absolute atomic E-state index is 0.250. The van der Waals surface area contributed by atoms with E-state index in [4.69, 9.17) is 15.6 Å². The van der Waals surface area contributed by atoms with Crippen molar-refractivity contribution in [1.82, 2.24) is 0 Å². The van der Waals surface area contributed by atoms with Crippen molar-refractivity contribution in [3.8, 4) is 0 Å². The second-order valence-electron chi connectivity index (χ2n) is 2.11. The standard InChI is InChI=1S/C6H13NOS.C2H6.CH2O2/c1-6(7)2-4-9-5-3-8;1-2;2-1-3/h3,6H,2,4-5,7H2,1H3;1-2H3;1H,(H,2,3). The lowest BCUT2D eigenvalue weighted by Gasteiger charge is -2.00. The summed E-state index contributed by atoms with van der Waals surface area (Å²) in [6.45, 7) is 5.72. The smallest absolute Gasteiger partial charge is 0.290 e. The predicted octanol–water partition coefficient (Wildman–Crippen LogP) is 1.38. The normalized spacial score (nSPS) is 9.71. The number of hydrogen-bond donors (Lipinski definition) is 2. The summed E-state index contributed by atoms with van der Waals surface area (Å²) in [6, 6.07) is 0.268. The Balaban J connectivity index is -0.000000205. The average Bonchev–Trinajstić information content (AvgIpc) is 2.17. The van der Waals surface area contributed by atoms with Gasteiger partial charge in [-0.2, -0.15) is 11.8 Å². The maximum Gasteiger partial charge on any atom is 0.290 e. The van der Waals surface area contributed by atoms with E-state index in [2.05, 4.69) is 0 Å². The molecule has 0 rings (SSSR count). The topological polar surface area (TPSA) is 80.4 Å². The number of nitrogens with two attached hydrogens (primary N) is 1. The Bertz CT molecular complexity index is 110. The van der Waals surface area contributed by atoms with Crippen LogP contribution in [0.1, 0.15) is 27.2 Å². The highest BCUT2D eigenvalue weighted by Crippen LogP contribution is 2.00. The highest BCUT2D eigenvalue weighted by Gasteiger charge is 1.92. The van der Waals surface area contributed by atoms with E-state index in [0.717, 1.165) is 18.5 Å². The van der Waals surface area contributed by atoms with Gasteiger partial charge in [0, 0.05) is 11.8 Å². The van der Waals surface area contributed by atoms with Gasteiger partial charge < -0.3 is 15.6 Å². The van der Waals surface area contributed by atoms with Gasteiger partial charge in [0.25, 0.3) is 6.47 Å². The summed E-state index contributed by atoms with van der Waals surface area (Å²) in [7, 11) is 0. The van der Waals surface area contributed by atoms with Crippen molar-refractivity contribution in [2.75, 3.05) is 11.5 Å². The van der Waals surface area contributed by atoms with Gasteiger partial charge in [0.05, 0.1) is 0 Å². The molecule has 4 nitrogen and oxygen atoms in total. The monoisotopic (exact) mass is 223 g/mol. The average molecular weight is 223 g/mol. The summed E-state index contributed by atoms with van der Waals surface area (Å²) in [5.41, 5.74) is 5.47. The highest BCUT2D eigenvalue weighted by atomic mass is 32.2. The lowest BCUT2D eigenvalue weighted by atomic mass is 10.3. The molecule has 0 bridgehead atoms. The molecule has 86 valence electrons. The van der Waals surface area contributed by atoms with Crippen LogP contribution in [0.15, 0.2) is 0 Å². The molecule has 14 heavy (non-hydrogen) atoms. The SMILES string of the molecule is CC.CC(N)CCSCC=O.O=CO. The predicted molar refractivity (Wildman–Crippen MR) is 61.7 cm³/mol. The van der Waals surface area contributed by atoms with Crippen LogP contribution in [0.5, 0.6) is 0 Å². The van der Waals surface area contributed by atoms with Crippen LogP contribution in [-0.2, 0) is 9.59 Å². The number of hydrogen-bond acceptors (Lipinski definition) is 4. The van der Waals surface area contributed by atoms with Crippen LogP contribution in [0.25, 0.3) is 0 Å². The maximum absolute atomic E-state index is 9.80. The quantitative estimate of drug-likeness (QED) is 0.543. The number of rotatable bonds is 5. The number of carbonyl (C=O) groups is 2. The van der Waals surface area contributed by atoms with E-state index in [-0.39, 0.29) is 12.5 Å². The van der Waals surface area contributed by atoms with Gasteiger partial charge in [-0.15, -0.1) is 0 Å². The molecule has 0 aliphatic rings. The number of aldehydes is 1. The van der Waals surface area contributed by atoms with E-state index < -0.39 is 0 Å². The Morgan fingerprint density at radius 3 is 2.14 bits per heavy atom. The van der Waals surface area contributed by atoms with Crippen molar-refractivity contribution in [2.24, 2.45) is 5.73 Å². The summed E-state index contributed by atoms with van der Waals surface area (Å²) >= 11 is 1.63. The maximum atomic E-state index is 9.80. The summed E-state index contributed by atoms with van der Waals surface area (Å²) < 4.78 is 0. The van der Waals surface area contributed by atoms with Gasteiger partial charge in [-0.1, -0.05) is 13.8 Å². The summed E-state index contributed by atoms with van der Waals surface area (Å²) in [6.07, 6.45) is 1.92. The van der Waals surface area contributed by atoms with Crippen LogP contribution in [0.4, 0.5) is 0 Å². The van der Waals surface area contributed by atoms with E-state index in [1.807, 2.05) is 20.8 Å². The van der Waals surface area contributed by atoms with Crippen molar-refractivity contribution >= 4 is 24.5 Å².